The van der Waals surface area contributed by atoms with Gasteiger partial charge in [0.15, 0.2) is 0 Å². The molecule has 0 aromatic heterocycles. The molecule has 0 saturated carbocycles. The van der Waals surface area contributed by atoms with Gasteiger partial charge >= 0.3 is 0 Å². The number of piperidine rings is 1. The molecule has 0 spiro atoms. The molecule has 3 amide bonds. The van der Waals surface area contributed by atoms with E-state index in [-0.39, 0.29) is 16.8 Å². The van der Waals surface area contributed by atoms with Crippen molar-refractivity contribution >= 4 is 23.4 Å². The van der Waals surface area contributed by atoms with Crippen molar-refractivity contribution in [1.29, 1.82) is 0 Å². The maximum atomic E-state index is 13.5. The van der Waals surface area contributed by atoms with E-state index in [9.17, 15) is 18.8 Å². The Kier molecular flexibility index (Phi) is 1.71. The maximum Gasteiger partial charge on any atom is 0.255 e. The van der Waals surface area contributed by atoms with E-state index in [4.69, 9.17) is 12.6 Å². The van der Waals surface area contributed by atoms with Gasteiger partial charge in [0.25, 0.3) is 5.91 Å². The van der Waals surface area contributed by atoms with Crippen LogP contribution in [0.25, 0.3) is 0 Å². The third-order valence-corrected chi connectivity index (χ3v) is 3.00. The third-order valence-electron chi connectivity index (χ3n) is 3.00. The Morgan fingerprint density at radius 2 is 2.15 bits per heavy atom. The van der Waals surface area contributed by atoms with Gasteiger partial charge < -0.3 is 10.6 Å². The fraction of sp³-hybridized carbons (Fsp3) is 0.308. The minimum atomic E-state index is -3.13. The summed E-state index contributed by atoms with van der Waals surface area (Å²) in [6.07, 6.45) is -6.24. The first kappa shape index (κ1) is 7.98. The number of benzene rings is 1. The summed E-state index contributed by atoms with van der Waals surface area (Å²) < 4.78 is 52.8. The highest BCUT2D eigenvalue weighted by Gasteiger charge is 2.39. The summed E-state index contributed by atoms with van der Waals surface area (Å²) in [6.45, 7) is -1.65. The lowest BCUT2D eigenvalue weighted by molar-refractivity contribution is -0.136. The van der Waals surface area contributed by atoms with Crippen LogP contribution < -0.4 is 11.1 Å². The molecule has 20 heavy (non-hydrogen) atoms. The smallest absolute Gasteiger partial charge is 0.255 e. The van der Waals surface area contributed by atoms with E-state index >= 15 is 0 Å². The van der Waals surface area contributed by atoms with Gasteiger partial charge in [0.1, 0.15) is 11.9 Å². The van der Waals surface area contributed by atoms with Crippen LogP contribution in [0.2, 0.25) is 0 Å². The number of nitrogens with one attached hydrogen (secondary N) is 1. The number of amides is 3. The molecule has 2 heterocycles. The van der Waals surface area contributed by atoms with Crippen LogP contribution in [0, 0.1) is 5.82 Å². The summed E-state index contributed by atoms with van der Waals surface area (Å²) in [5, 5.41) is 1.67. The fourth-order valence-corrected chi connectivity index (χ4v) is 2.10. The number of hydrogen-bond donors (Lipinski definition) is 2. The van der Waals surface area contributed by atoms with E-state index in [2.05, 4.69) is 0 Å². The van der Waals surface area contributed by atoms with Crippen LogP contribution in [0.1, 0.15) is 35.5 Å². The number of imide groups is 1. The van der Waals surface area contributed by atoms with E-state index in [1.807, 2.05) is 0 Å². The highest BCUT2D eigenvalue weighted by atomic mass is 19.1. The molecule has 2 aliphatic heterocycles. The van der Waals surface area contributed by atoms with Crippen LogP contribution in [-0.2, 0) is 16.1 Å². The van der Waals surface area contributed by atoms with Crippen LogP contribution in [-0.4, -0.2) is 28.7 Å². The van der Waals surface area contributed by atoms with Gasteiger partial charge in [-0.15, -0.1) is 0 Å². The zero-order valence-corrected chi connectivity index (χ0v) is 9.94. The Bertz CT molecular complexity index is 831. The predicted octanol–water partition coefficient (Wildman–Crippen LogP) is 0.169. The largest absolute Gasteiger partial charge is 0.398 e. The molecule has 2 atom stereocenters. The van der Waals surface area contributed by atoms with Gasteiger partial charge in [0, 0.05) is 35.2 Å². The average Bonchev–Trinajstić information content (AvgIpc) is 2.70. The number of anilines is 1. The second kappa shape index (κ2) is 4.29. The summed E-state index contributed by atoms with van der Waals surface area (Å²) in [6, 6.07) is -0.411. The molecule has 6 nitrogen and oxygen atoms in total. The number of rotatable bonds is 1. The SMILES string of the molecule is [2H]C1c2c(N)cc(F)cc2C(=O)N1C1C(=O)NC(=O)C([2H])([2H])C1([2H])[2H]. The van der Waals surface area contributed by atoms with Crippen molar-refractivity contribution in [2.24, 2.45) is 0 Å². The normalized spacial score (nSPS) is 34.4. The quantitative estimate of drug-likeness (QED) is 0.567. The molecule has 1 aromatic rings. The van der Waals surface area contributed by atoms with Gasteiger partial charge in [-0.1, -0.05) is 0 Å². The number of fused-ring (bicyclic) bond motifs is 1. The third kappa shape index (κ3) is 1.82. The van der Waals surface area contributed by atoms with E-state index < -0.39 is 48.8 Å². The minimum Gasteiger partial charge on any atom is -0.398 e. The number of halogens is 1. The Balaban J connectivity index is 2.14. The second-order valence-corrected chi connectivity index (χ2v) is 4.29. The molecular weight excluding hydrogens is 265 g/mol. The Hall–Kier alpha value is -2.44. The molecule has 104 valence electrons. The van der Waals surface area contributed by atoms with Crippen molar-refractivity contribution in [2.45, 2.75) is 25.3 Å². The van der Waals surface area contributed by atoms with E-state index in [0.717, 1.165) is 12.1 Å². The lowest BCUT2D eigenvalue weighted by Crippen LogP contribution is -2.52. The number of nitrogens with zero attached hydrogens (tertiary/aromatic N) is 1. The van der Waals surface area contributed by atoms with Crippen molar-refractivity contribution < 1.29 is 25.6 Å². The highest BCUT2D eigenvalue weighted by Crippen LogP contribution is 2.31. The van der Waals surface area contributed by atoms with Gasteiger partial charge in [-0.25, -0.2) is 4.39 Å². The first-order valence-electron chi connectivity index (χ1n) is 8.18. The number of nitrogens with two attached hydrogens (primary N) is 1. The molecule has 1 fully saturated rings. The number of carbonyl (C=O) groups excluding carboxylic acids is 3. The first-order chi connectivity index (χ1) is 11.4. The van der Waals surface area contributed by atoms with Gasteiger partial charge in [0.05, 0.1) is 1.37 Å². The monoisotopic (exact) mass is 282 g/mol. The molecule has 2 unspecified atom stereocenters. The van der Waals surface area contributed by atoms with Crippen LogP contribution in [0.4, 0.5) is 10.1 Å². The van der Waals surface area contributed by atoms with Gasteiger partial charge in [-0.05, 0) is 18.5 Å². The summed E-state index contributed by atoms with van der Waals surface area (Å²) >= 11 is 0. The van der Waals surface area contributed by atoms with E-state index in [1.165, 1.54) is 0 Å². The zero-order valence-electron chi connectivity index (χ0n) is 14.9. The second-order valence-electron chi connectivity index (χ2n) is 4.29. The summed E-state index contributed by atoms with van der Waals surface area (Å²) in [5.74, 6) is -4.63. The molecular formula is C13H12FN3O3. The number of hydrogen-bond acceptors (Lipinski definition) is 4. The maximum absolute atomic E-state index is 13.5. The molecule has 1 aromatic carbocycles. The predicted molar refractivity (Wildman–Crippen MR) is 66.9 cm³/mol. The van der Waals surface area contributed by atoms with Crippen molar-refractivity contribution in [2.75, 3.05) is 5.73 Å². The summed E-state index contributed by atoms with van der Waals surface area (Å²) in [5.41, 5.74) is 5.00. The minimum absolute atomic E-state index is 0.104. The van der Waals surface area contributed by atoms with E-state index in [0.29, 0.717) is 4.90 Å². The van der Waals surface area contributed by atoms with Crippen LogP contribution in [0.15, 0.2) is 12.1 Å². The van der Waals surface area contributed by atoms with Crippen LogP contribution in [0.5, 0.6) is 0 Å². The number of carbonyl (C=O) groups is 3. The molecule has 1 saturated heterocycles. The molecule has 2 aliphatic rings. The Labute approximate surface area is 120 Å². The van der Waals surface area contributed by atoms with Crippen molar-refractivity contribution in [1.82, 2.24) is 10.2 Å². The van der Waals surface area contributed by atoms with Crippen LogP contribution >= 0.6 is 0 Å². The Morgan fingerprint density at radius 1 is 1.40 bits per heavy atom. The van der Waals surface area contributed by atoms with Gasteiger partial charge in [0.2, 0.25) is 11.8 Å². The molecule has 7 heteroatoms. The molecule has 3 N–H and O–H groups in total. The molecule has 3 rings (SSSR count). The summed E-state index contributed by atoms with van der Waals surface area (Å²) in [4.78, 5) is 36.8. The lowest BCUT2D eigenvalue weighted by atomic mass is 10.0. The van der Waals surface area contributed by atoms with Gasteiger partial charge in [-0.2, -0.15) is 0 Å². The fourth-order valence-electron chi connectivity index (χ4n) is 2.10. The van der Waals surface area contributed by atoms with Gasteiger partial charge in [-0.3, -0.25) is 19.7 Å². The van der Waals surface area contributed by atoms with Crippen molar-refractivity contribution in [3.63, 3.8) is 0 Å². The lowest BCUT2D eigenvalue weighted by Gasteiger charge is -2.29. The van der Waals surface area contributed by atoms with E-state index in [1.54, 1.807) is 5.32 Å². The molecule has 0 aliphatic carbocycles. The van der Waals surface area contributed by atoms with Crippen molar-refractivity contribution in [3.05, 3.63) is 29.1 Å². The molecule has 0 bridgehead atoms. The first-order valence-corrected chi connectivity index (χ1v) is 5.60. The Morgan fingerprint density at radius 3 is 2.90 bits per heavy atom. The average molecular weight is 282 g/mol. The standard InChI is InChI=1S/C13H12FN3O3/c14-6-3-7-8(9(15)4-6)5-17(13(7)20)10-1-2-11(18)16-12(10)19/h3-4,10H,1-2,5,15H2,(H,16,18,19)/i1D2,2D2,5D. The summed E-state index contributed by atoms with van der Waals surface area (Å²) in [7, 11) is 0. The molecule has 0 radical (unpaired) electrons. The number of nitrogen functional groups attached to an aromatic ring is 1. The van der Waals surface area contributed by atoms with Crippen LogP contribution in [0.3, 0.4) is 0 Å². The van der Waals surface area contributed by atoms with Crippen molar-refractivity contribution in [3.8, 4) is 0 Å². The topological polar surface area (TPSA) is 92.5 Å². The zero-order chi connectivity index (χ0) is 18.9. The highest BCUT2D eigenvalue weighted by molar-refractivity contribution is 6.06.